The first-order valence-electron chi connectivity index (χ1n) is 4.57. The van der Waals surface area contributed by atoms with Crippen molar-refractivity contribution in [3.8, 4) is 0 Å². The standard InChI is InChI=1S/C11H11F3O2/c1-10(2,16)9(15)7-5-3-4-6-8(7)11(12,13)14/h3-6,16H,1-2H3. The summed E-state index contributed by atoms with van der Waals surface area (Å²) in [5.41, 5.74) is -3.36. The first-order chi connectivity index (χ1) is 7.14. The zero-order valence-electron chi connectivity index (χ0n) is 8.80. The molecular formula is C11H11F3O2. The zero-order valence-corrected chi connectivity index (χ0v) is 8.80. The van der Waals surface area contributed by atoms with Crippen molar-refractivity contribution in [1.82, 2.24) is 0 Å². The highest BCUT2D eigenvalue weighted by molar-refractivity contribution is 6.03. The molecule has 0 saturated carbocycles. The van der Waals surface area contributed by atoms with E-state index in [0.717, 1.165) is 26.0 Å². The number of benzene rings is 1. The summed E-state index contributed by atoms with van der Waals surface area (Å²) in [5, 5.41) is 9.41. The number of hydrogen-bond acceptors (Lipinski definition) is 2. The van der Waals surface area contributed by atoms with Gasteiger partial charge in [0.25, 0.3) is 0 Å². The number of hydrogen-bond donors (Lipinski definition) is 1. The molecule has 0 heterocycles. The average Bonchev–Trinajstić information content (AvgIpc) is 2.14. The Morgan fingerprint density at radius 2 is 1.69 bits per heavy atom. The Balaban J connectivity index is 3.31. The Morgan fingerprint density at radius 3 is 2.12 bits per heavy atom. The van der Waals surface area contributed by atoms with E-state index in [4.69, 9.17) is 0 Å². The average molecular weight is 232 g/mol. The van der Waals surface area contributed by atoms with Crippen molar-refractivity contribution in [2.24, 2.45) is 0 Å². The van der Waals surface area contributed by atoms with Gasteiger partial charge in [-0.25, -0.2) is 0 Å². The fraction of sp³-hybridized carbons (Fsp3) is 0.364. The van der Waals surface area contributed by atoms with E-state index in [1.54, 1.807) is 0 Å². The van der Waals surface area contributed by atoms with Crippen LogP contribution in [0.1, 0.15) is 29.8 Å². The normalized spacial score (nSPS) is 12.6. The quantitative estimate of drug-likeness (QED) is 0.796. The van der Waals surface area contributed by atoms with Crippen LogP contribution < -0.4 is 0 Å². The van der Waals surface area contributed by atoms with Crippen LogP contribution in [0.25, 0.3) is 0 Å². The van der Waals surface area contributed by atoms with Gasteiger partial charge in [-0.05, 0) is 19.9 Å². The number of halogens is 3. The molecular weight excluding hydrogens is 221 g/mol. The van der Waals surface area contributed by atoms with E-state index in [0.29, 0.717) is 0 Å². The van der Waals surface area contributed by atoms with E-state index in [1.807, 2.05) is 0 Å². The van der Waals surface area contributed by atoms with Crippen molar-refractivity contribution in [3.63, 3.8) is 0 Å². The van der Waals surface area contributed by atoms with Gasteiger partial charge in [-0.1, -0.05) is 18.2 Å². The van der Waals surface area contributed by atoms with Crippen LogP contribution in [0.2, 0.25) is 0 Å². The molecule has 0 saturated heterocycles. The topological polar surface area (TPSA) is 37.3 Å². The van der Waals surface area contributed by atoms with Crippen molar-refractivity contribution < 1.29 is 23.1 Å². The van der Waals surface area contributed by atoms with Crippen LogP contribution >= 0.6 is 0 Å². The lowest BCUT2D eigenvalue weighted by molar-refractivity contribution is -0.138. The molecule has 0 spiro atoms. The smallest absolute Gasteiger partial charge is 0.382 e. The summed E-state index contributed by atoms with van der Waals surface area (Å²) in [7, 11) is 0. The van der Waals surface area contributed by atoms with Crippen LogP contribution in [0, 0.1) is 0 Å². The van der Waals surface area contributed by atoms with Gasteiger partial charge in [0.05, 0.1) is 5.56 Å². The molecule has 1 aromatic carbocycles. The fourth-order valence-corrected chi connectivity index (χ4v) is 1.26. The number of carbonyl (C=O) groups is 1. The third-order valence-corrected chi connectivity index (χ3v) is 2.03. The Morgan fingerprint density at radius 1 is 1.19 bits per heavy atom. The third kappa shape index (κ3) is 2.61. The Hall–Kier alpha value is -1.36. The molecule has 0 unspecified atom stereocenters. The highest BCUT2D eigenvalue weighted by Crippen LogP contribution is 2.33. The van der Waals surface area contributed by atoms with Crippen LogP contribution in [-0.4, -0.2) is 16.5 Å². The molecule has 0 bridgehead atoms. The predicted molar refractivity (Wildman–Crippen MR) is 52.1 cm³/mol. The molecule has 0 radical (unpaired) electrons. The van der Waals surface area contributed by atoms with Gasteiger partial charge in [-0.2, -0.15) is 13.2 Å². The van der Waals surface area contributed by atoms with Crippen LogP contribution in [0.5, 0.6) is 0 Å². The Bertz CT molecular complexity index is 402. The van der Waals surface area contributed by atoms with Crippen molar-refractivity contribution in [3.05, 3.63) is 35.4 Å². The first-order valence-corrected chi connectivity index (χ1v) is 4.57. The molecule has 1 N–H and O–H groups in total. The van der Waals surface area contributed by atoms with E-state index in [9.17, 15) is 23.1 Å². The van der Waals surface area contributed by atoms with Gasteiger partial charge in [0.1, 0.15) is 5.60 Å². The number of Topliss-reactive ketones (excluding diaryl/α,β-unsaturated/α-hetero) is 1. The molecule has 0 aliphatic heterocycles. The minimum Gasteiger partial charge on any atom is -0.382 e. The molecule has 5 heteroatoms. The van der Waals surface area contributed by atoms with Crippen LogP contribution in [0.3, 0.4) is 0 Å². The molecule has 0 atom stereocenters. The van der Waals surface area contributed by atoms with E-state index in [1.165, 1.54) is 12.1 Å². The van der Waals surface area contributed by atoms with Gasteiger partial charge in [-0.3, -0.25) is 4.79 Å². The molecule has 16 heavy (non-hydrogen) atoms. The maximum absolute atomic E-state index is 12.6. The van der Waals surface area contributed by atoms with Crippen LogP contribution in [0.15, 0.2) is 24.3 Å². The maximum atomic E-state index is 12.6. The molecule has 1 aromatic rings. The molecule has 0 amide bonds. The zero-order chi connectivity index (χ0) is 12.6. The summed E-state index contributed by atoms with van der Waals surface area (Å²) in [4.78, 5) is 11.6. The van der Waals surface area contributed by atoms with E-state index in [2.05, 4.69) is 0 Å². The molecule has 0 aliphatic carbocycles. The first kappa shape index (κ1) is 12.7. The minimum atomic E-state index is -4.60. The second-order valence-electron chi connectivity index (χ2n) is 3.93. The van der Waals surface area contributed by atoms with Gasteiger partial charge in [0.2, 0.25) is 0 Å². The second kappa shape index (κ2) is 3.90. The number of carbonyl (C=O) groups excluding carboxylic acids is 1. The lowest BCUT2D eigenvalue weighted by Crippen LogP contribution is -2.32. The van der Waals surface area contributed by atoms with E-state index in [-0.39, 0.29) is 0 Å². The molecule has 88 valence electrons. The second-order valence-corrected chi connectivity index (χ2v) is 3.93. The Labute approximate surface area is 90.7 Å². The third-order valence-electron chi connectivity index (χ3n) is 2.03. The lowest BCUT2D eigenvalue weighted by Gasteiger charge is -2.18. The fourth-order valence-electron chi connectivity index (χ4n) is 1.26. The summed E-state index contributed by atoms with van der Waals surface area (Å²) >= 11 is 0. The van der Waals surface area contributed by atoms with Crippen LogP contribution in [-0.2, 0) is 6.18 Å². The van der Waals surface area contributed by atoms with Gasteiger partial charge >= 0.3 is 6.18 Å². The molecule has 0 aliphatic rings. The van der Waals surface area contributed by atoms with Crippen molar-refractivity contribution >= 4 is 5.78 Å². The van der Waals surface area contributed by atoms with Crippen molar-refractivity contribution in [2.75, 3.05) is 0 Å². The predicted octanol–water partition coefficient (Wildman–Crippen LogP) is 2.66. The molecule has 2 nitrogen and oxygen atoms in total. The maximum Gasteiger partial charge on any atom is 0.417 e. The largest absolute Gasteiger partial charge is 0.417 e. The number of alkyl halides is 3. The van der Waals surface area contributed by atoms with Crippen molar-refractivity contribution in [1.29, 1.82) is 0 Å². The number of ketones is 1. The van der Waals surface area contributed by atoms with Gasteiger partial charge in [0, 0.05) is 5.56 Å². The molecule has 0 fully saturated rings. The summed E-state index contributed by atoms with van der Waals surface area (Å²) in [6.45, 7) is 2.31. The van der Waals surface area contributed by atoms with Crippen molar-refractivity contribution in [2.45, 2.75) is 25.6 Å². The van der Waals surface area contributed by atoms with E-state index < -0.39 is 28.7 Å². The summed E-state index contributed by atoms with van der Waals surface area (Å²) < 4.78 is 37.7. The highest BCUT2D eigenvalue weighted by atomic mass is 19.4. The molecule has 0 aromatic heterocycles. The summed E-state index contributed by atoms with van der Waals surface area (Å²) in [6.07, 6.45) is -4.60. The summed E-state index contributed by atoms with van der Waals surface area (Å²) in [6, 6.07) is 4.40. The number of rotatable bonds is 2. The van der Waals surface area contributed by atoms with Gasteiger partial charge < -0.3 is 5.11 Å². The van der Waals surface area contributed by atoms with Gasteiger partial charge in [-0.15, -0.1) is 0 Å². The van der Waals surface area contributed by atoms with E-state index >= 15 is 0 Å². The SMILES string of the molecule is CC(C)(O)C(=O)c1ccccc1C(F)(F)F. The Kier molecular flexibility index (Phi) is 3.10. The van der Waals surface area contributed by atoms with Crippen LogP contribution in [0.4, 0.5) is 13.2 Å². The molecule has 1 rings (SSSR count). The van der Waals surface area contributed by atoms with Gasteiger partial charge in [0.15, 0.2) is 5.78 Å². The summed E-state index contributed by atoms with van der Waals surface area (Å²) in [5.74, 6) is -0.944. The highest BCUT2D eigenvalue weighted by Gasteiger charge is 2.37. The number of aliphatic hydroxyl groups is 1. The minimum absolute atomic E-state index is 0.512. The lowest BCUT2D eigenvalue weighted by atomic mass is 9.93. The monoisotopic (exact) mass is 232 g/mol.